The Kier molecular flexibility index (Phi) is 7.73. The normalized spacial score (nSPS) is 15.2. The highest BCUT2D eigenvalue weighted by atomic mass is 16.4. The number of likely N-dealkylation sites (tertiary alicyclic amines) is 1. The number of amides is 2. The minimum Gasteiger partial charge on any atom is -0.465 e. The standard InChI is InChI=1S/C19H28N2O4/c22-14-11-20-18(23)17-7-5-15(6-8-17)3-1-2-4-16-9-12-21(13-10-16)19(24)25/h5-8,16,22H,1-4,9-14H2,(H,20,23)(H,24,25). The number of rotatable bonds is 8. The van der Waals surface area contributed by atoms with E-state index in [-0.39, 0.29) is 19.1 Å². The number of carbonyl (C=O) groups excluding carboxylic acids is 1. The van der Waals surface area contributed by atoms with Crippen molar-refractivity contribution >= 4 is 12.0 Å². The fourth-order valence-electron chi connectivity index (χ4n) is 3.27. The van der Waals surface area contributed by atoms with Crippen molar-refractivity contribution in [3.63, 3.8) is 0 Å². The number of hydrogen-bond acceptors (Lipinski definition) is 3. The molecule has 0 aliphatic carbocycles. The highest BCUT2D eigenvalue weighted by Crippen LogP contribution is 2.23. The highest BCUT2D eigenvalue weighted by molar-refractivity contribution is 5.94. The largest absolute Gasteiger partial charge is 0.465 e. The molecule has 1 aliphatic heterocycles. The van der Waals surface area contributed by atoms with E-state index in [1.807, 2.05) is 24.3 Å². The summed E-state index contributed by atoms with van der Waals surface area (Å²) in [6, 6.07) is 7.62. The smallest absolute Gasteiger partial charge is 0.407 e. The summed E-state index contributed by atoms with van der Waals surface area (Å²) < 4.78 is 0. The zero-order valence-electron chi connectivity index (χ0n) is 14.6. The molecule has 1 saturated heterocycles. The predicted molar refractivity (Wildman–Crippen MR) is 95.7 cm³/mol. The van der Waals surface area contributed by atoms with E-state index in [0.29, 0.717) is 24.6 Å². The average Bonchev–Trinajstić information content (AvgIpc) is 2.64. The summed E-state index contributed by atoms with van der Waals surface area (Å²) in [6.07, 6.45) is 5.56. The lowest BCUT2D eigenvalue weighted by molar-refractivity contribution is 0.0944. The lowest BCUT2D eigenvalue weighted by Gasteiger charge is -2.29. The number of aliphatic hydroxyl groups excluding tert-OH is 1. The van der Waals surface area contributed by atoms with Gasteiger partial charge in [0.25, 0.3) is 5.91 Å². The van der Waals surface area contributed by atoms with Gasteiger partial charge in [-0.1, -0.05) is 25.0 Å². The van der Waals surface area contributed by atoms with E-state index < -0.39 is 6.09 Å². The maximum atomic E-state index is 11.8. The number of hydrogen-bond donors (Lipinski definition) is 3. The van der Waals surface area contributed by atoms with Crippen molar-refractivity contribution in [1.29, 1.82) is 0 Å². The molecule has 0 atom stereocenters. The van der Waals surface area contributed by atoms with Crippen LogP contribution in [0.25, 0.3) is 0 Å². The van der Waals surface area contributed by atoms with Crippen LogP contribution in [0.2, 0.25) is 0 Å². The van der Waals surface area contributed by atoms with Crippen LogP contribution < -0.4 is 5.32 Å². The van der Waals surface area contributed by atoms with E-state index in [1.165, 1.54) is 10.5 Å². The Hall–Kier alpha value is -2.08. The van der Waals surface area contributed by atoms with Gasteiger partial charge in [0.05, 0.1) is 6.61 Å². The van der Waals surface area contributed by atoms with Crippen LogP contribution in [0, 0.1) is 5.92 Å². The van der Waals surface area contributed by atoms with Crippen LogP contribution in [0.15, 0.2) is 24.3 Å². The van der Waals surface area contributed by atoms with Gasteiger partial charge in [-0.05, 0) is 49.3 Å². The summed E-state index contributed by atoms with van der Waals surface area (Å²) in [5.41, 5.74) is 1.83. The van der Waals surface area contributed by atoms with E-state index in [4.69, 9.17) is 10.2 Å². The maximum Gasteiger partial charge on any atom is 0.407 e. The second-order valence-corrected chi connectivity index (χ2v) is 6.64. The van der Waals surface area contributed by atoms with Crippen LogP contribution in [0.4, 0.5) is 4.79 Å². The third kappa shape index (κ3) is 6.38. The molecule has 1 aliphatic rings. The number of carboxylic acid groups (broad SMARTS) is 1. The molecule has 1 aromatic rings. The topological polar surface area (TPSA) is 89.9 Å². The first kappa shape index (κ1) is 19.2. The van der Waals surface area contributed by atoms with Crippen LogP contribution in [0.1, 0.15) is 48.0 Å². The summed E-state index contributed by atoms with van der Waals surface area (Å²) >= 11 is 0. The molecule has 1 fully saturated rings. The molecule has 0 aromatic heterocycles. The van der Waals surface area contributed by atoms with E-state index in [1.54, 1.807) is 0 Å². The Morgan fingerprint density at radius 3 is 2.40 bits per heavy atom. The SMILES string of the molecule is O=C(NCCO)c1ccc(CCCCC2CCN(C(=O)O)CC2)cc1. The molecular weight excluding hydrogens is 320 g/mol. The van der Waals surface area contributed by atoms with E-state index in [9.17, 15) is 9.59 Å². The first-order chi connectivity index (χ1) is 12.1. The van der Waals surface area contributed by atoms with Gasteiger partial charge in [0, 0.05) is 25.2 Å². The van der Waals surface area contributed by atoms with Gasteiger partial charge in [0.1, 0.15) is 0 Å². The number of unbranched alkanes of at least 4 members (excludes halogenated alkanes) is 1. The number of aliphatic hydroxyl groups is 1. The van der Waals surface area contributed by atoms with Gasteiger partial charge in [-0.3, -0.25) is 4.79 Å². The van der Waals surface area contributed by atoms with Crippen LogP contribution >= 0.6 is 0 Å². The van der Waals surface area contributed by atoms with E-state index in [2.05, 4.69) is 5.32 Å². The number of aryl methyl sites for hydroxylation is 1. The fraction of sp³-hybridized carbons (Fsp3) is 0.579. The molecule has 0 bridgehead atoms. The molecule has 138 valence electrons. The van der Waals surface area contributed by atoms with Gasteiger partial charge in [0.2, 0.25) is 0 Å². The highest BCUT2D eigenvalue weighted by Gasteiger charge is 2.21. The predicted octanol–water partition coefficient (Wildman–Crippen LogP) is 2.51. The summed E-state index contributed by atoms with van der Waals surface area (Å²) in [4.78, 5) is 24.1. The minimum atomic E-state index is -0.799. The quantitative estimate of drug-likeness (QED) is 0.630. The second kappa shape index (κ2) is 10.0. The molecule has 25 heavy (non-hydrogen) atoms. The lowest BCUT2D eigenvalue weighted by Crippen LogP contribution is -2.37. The van der Waals surface area contributed by atoms with Crippen LogP contribution in [0.5, 0.6) is 0 Å². The van der Waals surface area contributed by atoms with Crippen molar-refractivity contribution in [2.24, 2.45) is 5.92 Å². The minimum absolute atomic E-state index is 0.0564. The summed E-state index contributed by atoms with van der Waals surface area (Å²) in [5.74, 6) is 0.487. The Morgan fingerprint density at radius 2 is 1.80 bits per heavy atom. The van der Waals surface area contributed by atoms with Crippen molar-refractivity contribution in [3.05, 3.63) is 35.4 Å². The molecule has 1 aromatic carbocycles. The van der Waals surface area contributed by atoms with Crippen molar-refractivity contribution in [3.8, 4) is 0 Å². The molecule has 6 nitrogen and oxygen atoms in total. The van der Waals surface area contributed by atoms with Gasteiger partial charge in [-0.25, -0.2) is 4.79 Å². The van der Waals surface area contributed by atoms with Crippen molar-refractivity contribution < 1.29 is 19.8 Å². The van der Waals surface area contributed by atoms with Gasteiger partial charge in [-0.2, -0.15) is 0 Å². The number of nitrogens with one attached hydrogen (secondary N) is 1. The molecule has 0 spiro atoms. The van der Waals surface area contributed by atoms with Gasteiger partial charge < -0.3 is 20.4 Å². The molecule has 1 heterocycles. The number of nitrogens with zero attached hydrogens (tertiary/aromatic N) is 1. The molecule has 2 rings (SSSR count). The summed E-state index contributed by atoms with van der Waals surface area (Å²) in [7, 11) is 0. The third-order valence-electron chi connectivity index (χ3n) is 4.83. The Balaban J connectivity index is 1.63. The molecule has 0 unspecified atom stereocenters. The zero-order chi connectivity index (χ0) is 18.1. The first-order valence-corrected chi connectivity index (χ1v) is 9.06. The first-order valence-electron chi connectivity index (χ1n) is 9.06. The summed E-state index contributed by atoms with van der Waals surface area (Å²) in [5, 5.41) is 20.3. The van der Waals surface area contributed by atoms with Crippen LogP contribution in [0.3, 0.4) is 0 Å². The van der Waals surface area contributed by atoms with Gasteiger partial charge in [-0.15, -0.1) is 0 Å². The van der Waals surface area contributed by atoms with Crippen LogP contribution in [-0.2, 0) is 6.42 Å². The molecule has 6 heteroatoms. The zero-order valence-corrected chi connectivity index (χ0v) is 14.6. The maximum absolute atomic E-state index is 11.8. The van der Waals surface area contributed by atoms with Crippen molar-refractivity contribution in [2.45, 2.75) is 38.5 Å². The third-order valence-corrected chi connectivity index (χ3v) is 4.83. The molecule has 0 radical (unpaired) electrons. The lowest BCUT2D eigenvalue weighted by atomic mass is 9.91. The Labute approximate surface area is 148 Å². The summed E-state index contributed by atoms with van der Waals surface area (Å²) in [6.45, 7) is 1.55. The number of benzene rings is 1. The van der Waals surface area contributed by atoms with Crippen molar-refractivity contribution in [1.82, 2.24) is 10.2 Å². The molecular formula is C19H28N2O4. The van der Waals surface area contributed by atoms with E-state index >= 15 is 0 Å². The van der Waals surface area contributed by atoms with Crippen molar-refractivity contribution in [2.75, 3.05) is 26.2 Å². The second-order valence-electron chi connectivity index (χ2n) is 6.64. The molecule has 3 N–H and O–H groups in total. The average molecular weight is 348 g/mol. The van der Waals surface area contributed by atoms with Gasteiger partial charge >= 0.3 is 6.09 Å². The van der Waals surface area contributed by atoms with Gasteiger partial charge in [0.15, 0.2) is 0 Å². The van der Waals surface area contributed by atoms with E-state index in [0.717, 1.165) is 38.5 Å². The van der Waals surface area contributed by atoms with Crippen LogP contribution in [-0.4, -0.2) is 53.4 Å². The molecule has 2 amide bonds. The monoisotopic (exact) mass is 348 g/mol. The number of piperidine rings is 1. The number of carbonyl (C=O) groups is 2. The Bertz CT molecular complexity index is 551. The fourth-order valence-corrected chi connectivity index (χ4v) is 3.27. The Morgan fingerprint density at radius 1 is 1.12 bits per heavy atom. The molecule has 0 saturated carbocycles.